The van der Waals surface area contributed by atoms with Crippen molar-refractivity contribution in [3.8, 4) is 0 Å². The Bertz CT molecular complexity index is 860. The number of rotatable bonds is 7. The van der Waals surface area contributed by atoms with Crippen LogP contribution in [0, 0.1) is 19.8 Å². The van der Waals surface area contributed by atoms with Gasteiger partial charge in [0.05, 0.1) is 12.1 Å². The number of carbonyl (C=O) groups excluding carboxylic acids is 2. The van der Waals surface area contributed by atoms with E-state index in [1.807, 2.05) is 19.9 Å². The lowest BCUT2D eigenvalue weighted by Gasteiger charge is -2.18. The SMILES string of the molecule is Cc1cccc(C(NC(=O)Cc2csc(NC(=O)C(C)C)n2)C(=O)O)c1C. The molecule has 1 aromatic carbocycles. The predicted molar refractivity (Wildman–Crippen MR) is 104 cm³/mol. The van der Waals surface area contributed by atoms with Crippen molar-refractivity contribution >= 4 is 34.3 Å². The molecule has 3 N–H and O–H groups in total. The maximum absolute atomic E-state index is 12.3. The van der Waals surface area contributed by atoms with Crippen LogP contribution in [0.1, 0.15) is 42.3 Å². The average Bonchev–Trinajstić information content (AvgIpc) is 3.02. The number of benzene rings is 1. The highest BCUT2D eigenvalue weighted by atomic mass is 32.1. The van der Waals surface area contributed by atoms with E-state index in [1.54, 1.807) is 31.4 Å². The zero-order valence-electron chi connectivity index (χ0n) is 15.7. The van der Waals surface area contributed by atoms with Gasteiger partial charge in [-0.15, -0.1) is 11.3 Å². The number of nitrogens with one attached hydrogen (secondary N) is 2. The topological polar surface area (TPSA) is 108 Å². The molecule has 2 aromatic rings. The fraction of sp³-hybridized carbons (Fsp3) is 0.368. The van der Waals surface area contributed by atoms with E-state index in [4.69, 9.17) is 0 Å². The zero-order chi connectivity index (χ0) is 20.1. The molecule has 2 amide bonds. The van der Waals surface area contributed by atoms with Gasteiger partial charge in [-0.3, -0.25) is 9.59 Å². The molecule has 1 aromatic heterocycles. The molecule has 1 atom stereocenters. The summed E-state index contributed by atoms with van der Waals surface area (Å²) in [6.07, 6.45) is -0.0668. The monoisotopic (exact) mass is 389 g/mol. The minimum Gasteiger partial charge on any atom is -0.479 e. The van der Waals surface area contributed by atoms with E-state index in [1.165, 1.54) is 11.3 Å². The number of nitrogens with zero attached hydrogens (tertiary/aromatic N) is 1. The molecule has 0 aliphatic rings. The summed E-state index contributed by atoms with van der Waals surface area (Å²) in [4.78, 5) is 39.9. The number of carboxylic acids is 1. The molecule has 8 heteroatoms. The smallest absolute Gasteiger partial charge is 0.330 e. The maximum atomic E-state index is 12.3. The van der Waals surface area contributed by atoms with Crippen LogP contribution >= 0.6 is 11.3 Å². The number of aryl methyl sites for hydroxylation is 1. The van der Waals surface area contributed by atoms with Gasteiger partial charge in [-0.25, -0.2) is 9.78 Å². The quantitative estimate of drug-likeness (QED) is 0.675. The van der Waals surface area contributed by atoms with Crippen LogP contribution in [0.3, 0.4) is 0 Å². The van der Waals surface area contributed by atoms with Crippen molar-refractivity contribution < 1.29 is 19.5 Å². The lowest BCUT2D eigenvalue weighted by atomic mass is 9.97. The molecular weight excluding hydrogens is 366 g/mol. The van der Waals surface area contributed by atoms with Gasteiger partial charge in [0.2, 0.25) is 11.8 Å². The summed E-state index contributed by atoms with van der Waals surface area (Å²) in [5.74, 6) is -1.90. The number of carbonyl (C=O) groups is 3. The summed E-state index contributed by atoms with van der Waals surface area (Å²) < 4.78 is 0. The minimum atomic E-state index is -1.13. The summed E-state index contributed by atoms with van der Waals surface area (Å²) in [6, 6.07) is 4.23. The van der Waals surface area contributed by atoms with E-state index in [9.17, 15) is 19.5 Å². The Balaban J connectivity index is 2.07. The molecule has 1 unspecified atom stereocenters. The molecule has 2 rings (SSSR count). The molecule has 0 aliphatic carbocycles. The van der Waals surface area contributed by atoms with Crippen LogP contribution in [0.15, 0.2) is 23.6 Å². The van der Waals surface area contributed by atoms with Crippen LogP contribution in [0.4, 0.5) is 5.13 Å². The number of anilines is 1. The second-order valence-corrected chi connectivity index (χ2v) is 7.45. The summed E-state index contributed by atoms with van der Waals surface area (Å²) >= 11 is 1.22. The largest absolute Gasteiger partial charge is 0.479 e. The first kappa shape index (κ1) is 20.6. The fourth-order valence-corrected chi connectivity index (χ4v) is 3.14. The number of aromatic nitrogens is 1. The lowest BCUT2D eigenvalue weighted by molar-refractivity contribution is -0.142. The zero-order valence-corrected chi connectivity index (χ0v) is 16.5. The lowest BCUT2D eigenvalue weighted by Crippen LogP contribution is -2.35. The van der Waals surface area contributed by atoms with Crippen LogP contribution in [-0.4, -0.2) is 27.9 Å². The highest BCUT2D eigenvalue weighted by Gasteiger charge is 2.24. The van der Waals surface area contributed by atoms with Crippen LogP contribution in [0.5, 0.6) is 0 Å². The number of hydrogen-bond acceptors (Lipinski definition) is 5. The van der Waals surface area contributed by atoms with E-state index in [0.29, 0.717) is 16.4 Å². The van der Waals surface area contributed by atoms with E-state index in [0.717, 1.165) is 11.1 Å². The standard InChI is InChI=1S/C19H23N3O4S/c1-10(2)17(24)22-19-20-13(9-27-19)8-15(23)21-16(18(25)26)14-7-5-6-11(3)12(14)4/h5-7,9-10,16H,8H2,1-4H3,(H,21,23)(H,25,26)(H,20,22,24). The second kappa shape index (κ2) is 8.77. The van der Waals surface area contributed by atoms with Gasteiger partial charge in [0.25, 0.3) is 0 Å². The van der Waals surface area contributed by atoms with Gasteiger partial charge in [0.15, 0.2) is 11.2 Å². The van der Waals surface area contributed by atoms with Gasteiger partial charge < -0.3 is 15.7 Å². The third-order valence-electron chi connectivity index (χ3n) is 4.16. The highest BCUT2D eigenvalue weighted by molar-refractivity contribution is 7.13. The second-order valence-electron chi connectivity index (χ2n) is 6.59. The predicted octanol–water partition coefficient (Wildman–Crippen LogP) is 2.84. The molecule has 0 saturated carbocycles. The van der Waals surface area contributed by atoms with Crippen molar-refractivity contribution in [2.24, 2.45) is 5.92 Å². The Morgan fingerprint density at radius 2 is 1.93 bits per heavy atom. The van der Waals surface area contributed by atoms with E-state index in [-0.39, 0.29) is 18.2 Å². The number of carboxylic acid groups (broad SMARTS) is 1. The Morgan fingerprint density at radius 1 is 1.22 bits per heavy atom. The van der Waals surface area contributed by atoms with Gasteiger partial charge in [-0.05, 0) is 30.5 Å². The van der Waals surface area contributed by atoms with Crippen molar-refractivity contribution in [2.75, 3.05) is 5.32 Å². The van der Waals surface area contributed by atoms with Crippen LogP contribution < -0.4 is 10.6 Å². The van der Waals surface area contributed by atoms with E-state index in [2.05, 4.69) is 15.6 Å². The molecular formula is C19H23N3O4S. The molecule has 1 heterocycles. The van der Waals surface area contributed by atoms with Gasteiger partial charge >= 0.3 is 5.97 Å². The molecule has 0 aliphatic heterocycles. The number of hydrogen-bond donors (Lipinski definition) is 3. The van der Waals surface area contributed by atoms with E-state index >= 15 is 0 Å². The van der Waals surface area contributed by atoms with Crippen molar-refractivity contribution in [3.63, 3.8) is 0 Å². The number of thiazole rings is 1. The van der Waals surface area contributed by atoms with Gasteiger partial charge in [0, 0.05) is 11.3 Å². The molecule has 0 spiro atoms. The number of amides is 2. The molecule has 0 radical (unpaired) electrons. The third-order valence-corrected chi connectivity index (χ3v) is 4.96. The van der Waals surface area contributed by atoms with Crippen molar-refractivity contribution in [1.29, 1.82) is 0 Å². The first-order valence-corrected chi connectivity index (χ1v) is 9.40. The Morgan fingerprint density at radius 3 is 2.56 bits per heavy atom. The van der Waals surface area contributed by atoms with E-state index < -0.39 is 17.9 Å². The maximum Gasteiger partial charge on any atom is 0.330 e. The van der Waals surface area contributed by atoms with Crippen molar-refractivity contribution in [2.45, 2.75) is 40.2 Å². The fourth-order valence-electron chi connectivity index (χ4n) is 2.43. The van der Waals surface area contributed by atoms with Crippen molar-refractivity contribution in [1.82, 2.24) is 10.3 Å². The average molecular weight is 389 g/mol. The Labute approximate surface area is 161 Å². The number of aliphatic carboxylic acids is 1. The van der Waals surface area contributed by atoms with Crippen LogP contribution in [0.25, 0.3) is 0 Å². The normalized spacial score (nSPS) is 11.9. The molecule has 7 nitrogen and oxygen atoms in total. The highest BCUT2D eigenvalue weighted by Crippen LogP contribution is 2.21. The molecule has 27 heavy (non-hydrogen) atoms. The van der Waals surface area contributed by atoms with Crippen LogP contribution in [-0.2, 0) is 20.8 Å². The first-order chi connectivity index (χ1) is 12.7. The summed E-state index contributed by atoms with van der Waals surface area (Å²) in [7, 11) is 0. The van der Waals surface area contributed by atoms with Gasteiger partial charge in [-0.1, -0.05) is 32.0 Å². The Hall–Kier alpha value is -2.74. The van der Waals surface area contributed by atoms with Gasteiger partial charge in [-0.2, -0.15) is 0 Å². The van der Waals surface area contributed by atoms with Crippen LogP contribution in [0.2, 0.25) is 0 Å². The summed E-state index contributed by atoms with van der Waals surface area (Å²) in [6.45, 7) is 7.27. The molecule has 0 saturated heterocycles. The summed E-state index contributed by atoms with van der Waals surface area (Å²) in [5.41, 5.74) is 2.82. The molecule has 0 bridgehead atoms. The third kappa shape index (κ3) is 5.37. The molecule has 0 fully saturated rings. The van der Waals surface area contributed by atoms with Crippen molar-refractivity contribution in [3.05, 3.63) is 46.0 Å². The summed E-state index contributed by atoms with van der Waals surface area (Å²) in [5, 5.41) is 16.9. The first-order valence-electron chi connectivity index (χ1n) is 8.52. The molecule has 144 valence electrons. The van der Waals surface area contributed by atoms with Gasteiger partial charge in [0.1, 0.15) is 0 Å². The minimum absolute atomic E-state index is 0.0668. The Kier molecular flexibility index (Phi) is 6.68.